The SMILES string of the molecule is CCOC(=O)C1=C(COc2ccccc2F)N(CC)C(=O)N[C@@H]1c1cccc(Cl)c1. The van der Waals surface area contributed by atoms with Gasteiger partial charge in [-0.25, -0.2) is 14.0 Å². The van der Waals surface area contributed by atoms with E-state index in [1.54, 1.807) is 50.2 Å². The van der Waals surface area contributed by atoms with Crippen LogP contribution in [0.2, 0.25) is 5.02 Å². The van der Waals surface area contributed by atoms with E-state index in [1.807, 2.05) is 0 Å². The lowest BCUT2D eigenvalue weighted by atomic mass is 9.94. The quantitative estimate of drug-likeness (QED) is 0.656. The molecule has 1 heterocycles. The first-order valence-electron chi connectivity index (χ1n) is 9.57. The van der Waals surface area contributed by atoms with Crippen LogP contribution in [0.15, 0.2) is 59.8 Å². The lowest BCUT2D eigenvalue weighted by Crippen LogP contribution is -2.49. The third kappa shape index (κ3) is 4.57. The molecule has 2 aromatic rings. The van der Waals surface area contributed by atoms with Crippen molar-refractivity contribution in [2.24, 2.45) is 0 Å². The van der Waals surface area contributed by atoms with Gasteiger partial charge in [0.2, 0.25) is 0 Å². The maximum atomic E-state index is 14.0. The zero-order valence-electron chi connectivity index (χ0n) is 16.7. The smallest absolute Gasteiger partial charge is 0.338 e. The zero-order chi connectivity index (χ0) is 21.7. The zero-order valence-corrected chi connectivity index (χ0v) is 17.4. The molecule has 0 aromatic heterocycles. The van der Waals surface area contributed by atoms with Gasteiger partial charge >= 0.3 is 12.0 Å². The van der Waals surface area contributed by atoms with Gasteiger partial charge in [-0.05, 0) is 43.7 Å². The van der Waals surface area contributed by atoms with Crippen LogP contribution >= 0.6 is 11.6 Å². The Hall–Kier alpha value is -3.06. The van der Waals surface area contributed by atoms with Crippen LogP contribution in [0.4, 0.5) is 9.18 Å². The van der Waals surface area contributed by atoms with Crippen molar-refractivity contribution in [3.8, 4) is 5.75 Å². The molecule has 0 fully saturated rings. The van der Waals surface area contributed by atoms with Gasteiger partial charge < -0.3 is 14.8 Å². The molecule has 6 nitrogen and oxygen atoms in total. The number of carbonyl (C=O) groups is 2. The fourth-order valence-corrected chi connectivity index (χ4v) is 3.49. The molecule has 3 rings (SSSR count). The number of para-hydroxylation sites is 1. The second kappa shape index (κ2) is 9.63. The van der Waals surface area contributed by atoms with Crippen molar-refractivity contribution in [1.82, 2.24) is 10.2 Å². The summed E-state index contributed by atoms with van der Waals surface area (Å²) in [6.45, 7) is 3.72. The molecule has 2 aromatic carbocycles. The van der Waals surface area contributed by atoms with Gasteiger partial charge in [-0.3, -0.25) is 4.90 Å². The van der Waals surface area contributed by atoms with Crippen LogP contribution in [0.25, 0.3) is 0 Å². The molecule has 158 valence electrons. The first kappa shape index (κ1) is 21.6. The number of urea groups is 1. The second-order valence-corrected chi connectivity index (χ2v) is 6.92. The Morgan fingerprint density at radius 3 is 2.63 bits per heavy atom. The summed E-state index contributed by atoms with van der Waals surface area (Å²) in [5, 5.41) is 3.29. The number of amides is 2. The summed E-state index contributed by atoms with van der Waals surface area (Å²) in [5.41, 5.74) is 1.16. The average molecular weight is 433 g/mol. The minimum Gasteiger partial charge on any atom is -0.484 e. The number of ether oxygens (including phenoxy) is 2. The van der Waals surface area contributed by atoms with Crippen LogP contribution in [-0.4, -0.2) is 36.7 Å². The summed E-state index contributed by atoms with van der Waals surface area (Å²) in [6, 6.07) is 11.6. The van der Waals surface area contributed by atoms with Gasteiger partial charge in [-0.2, -0.15) is 0 Å². The highest BCUT2D eigenvalue weighted by molar-refractivity contribution is 6.30. The van der Waals surface area contributed by atoms with Crippen molar-refractivity contribution >= 4 is 23.6 Å². The predicted molar refractivity (Wildman–Crippen MR) is 111 cm³/mol. The highest BCUT2D eigenvalue weighted by Gasteiger charge is 2.38. The summed E-state index contributed by atoms with van der Waals surface area (Å²) >= 11 is 6.12. The molecule has 1 N–H and O–H groups in total. The summed E-state index contributed by atoms with van der Waals surface area (Å²) in [6.07, 6.45) is 0. The van der Waals surface area contributed by atoms with E-state index in [0.29, 0.717) is 16.3 Å². The van der Waals surface area contributed by atoms with Gasteiger partial charge in [-0.1, -0.05) is 35.9 Å². The van der Waals surface area contributed by atoms with Crippen LogP contribution in [0.5, 0.6) is 5.75 Å². The van der Waals surface area contributed by atoms with Gasteiger partial charge in [0.05, 0.1) is 23.9 Å². The molecule has 30 heavy (non-hydrogen) atoms. The van der Waals surface area contributed by atoms with Crippen LogP contribution in [-0.2, 0) is 9.53 Å². The Morgan fingerprint density at radius 1 is 1.20 bits per heavy atom. The molecule has 0 bridgehead atoms. The number of hydrogen-bond acceptors (Lipinski definition) is 4. The highest BCUT2D eigenvalue weighted by atomic mass is 35.5. The minimum atomic E-state index is -0.780. The third-order valence-corrected chi connectivity index (χ3v) is 4.87. The molecule has 0 unspecified atom stereocenters. The molecule has 2 amide bonds. The van der Waals surface area contributed by atoms with Crippen molar-refractivity contribution < 1.29 is 23.5 Å². The van der Waals surface area contributed by atoms with Gasteiger partial charge in [0.25, 0.3) is 0 Å². The number of likely N-dealkylation sites (N-methyl/N-ethyl adjacent to an activating group) is 1. The van der Waals surface area contributed by atoms with Gasteiger partial charge in [-0.15, -0.1) is 0 Å². The highest BCUT2D eigenvalue weighted by Crippen LogP contribution is 2.33. The van der Waals surface area contributed by atoms with E-state index in [2.05, 4.69) is 5.32 Å². The maximum absolute atomic E-state index is 14.0. The summed E-state index contributed by atoms with van der Waals surface area (Å²) in [5.74, 6) is -1.10. The number of rotatable bonds is 7. The Labute approximate surface area is 179 Å². The number of nitrogens with one attached hydrogen (secondary N) is 1. The largest absolute Gasteiger partial charge is 0.484 e. The normalized spacial score (nSPS) is 16.3. The summed E-state index contributed by atoms with van der Waals surface area (Å²) in [4.78, 5) is 27.1. The fourth-order valence-electron chi connectivity index (χ4n) is 3.29. The molecule has 1 aliphatic rings. The summed E-state index contributed by atoms with van der Waals surface area (Å²) < 4.78 is 24.9. The van der Waals surface area contributed by atoms with E-state index in [9.17, 15) is 14.0 Å². The van der Waals surface area contributed by atoms with E-state index in [4.69, 9.17) is 21.1 Å². The number of nitrogens with zero attached hydrogens (tertiary/aromatic N) is 1. The molecule has 0 saturated heterocycles. The van der Waals surface area contributed by atoms with Gasteiger partial charge in [0.1, 0.15) is 6.61 Å². The van der Waals surface area contributed by atoms with Crippen LogP contribution in [0, 0.1) is 5.82 Å². The molecule has 0 aliphatic carbocycles. The number of hydrogen-bond donors (Lipinski definition) is 1. The molecular weight excluding hydrogens is 411 g/mol. The van der Waals surface area contributed by atoms with Crippen molar-refractivity contribution in [1.29, 1.82) is 0 Å². The third-order valence-electron chi connectivity index (χ3n) is 4.63. The topological polar surface area (TPSA) is 67.9 Å². The summed E-state index contributed by atoms with van der Waals surface area (Å²) in [7, 11) is 0. The van der Waals surface area contributed by atoms with Gasteiger partial charge in [0.15, 0.2) is 11.6 Å². The van der Waals surface area contributed by atoms with Crippen LogP contribution in [0.3, 0.4) is 0 Å². The standard InChI is InChI=1S/C22H22ClFN2O4/c1-3-26-17(13-30-18-11-6-5-10-16(18)24)19(21(27)29-4-2)20(25-22(26)28)14-8-7-9-15(23)12-14/h5-12,20H,3-4,13H2,1-2H3,(H,25,28)/t20-/m1/s1. The number of benzene rings is 2. The fraction of sp³-hybridized carbons (Fsp3) is 0.273. The predicted octanol–water partition coefficient (Wildman–Crippen LogP) is 4.46. The monoisotopic (exact) mass is 432 g/mol. The Bertz CT molecular complexity index is 979. The van der Waals surface area contributed by atoms with Crippen LogP contribution in [0.1, 0.15) is 25.5 Å². The Kier molecular flexibility index (Phi) is 6.95. The van der Waals surface area contributed by atoms with Crippen molar-refractivity contribution in [2.45, 2.75) is 19.9 Å². The lowest BCUT2D eigenvalue weighted by Gasteiger charge is -2.36. The molecule has 0 radical (unpaired) electrons. The second-order valence-electron chi connectivity index (χ2n) is 6.48. The van der Waals surface area contributed by atoms with Crippen molar-refractivity contribution in [3.05, 3.63) is 76.2 Å². The first-order valence-corrected chi connectivity index (χ1v) is 9.95. The average Bonchev–Trinajstić information content (AvgIpc) is 2.72. The molecular formula is C22H22ClFN2O4. The molecule has 0 spiro atoms. The molecule has 1 aliphatic heterocycles. The van der Waals surface area contributed by atoms with E-state index in [-0.39, 0.29) is 31.1 Å². The van der Waals surface area contributed by atoms with Crippen LogP contribution < -0.4 is 10.1 Å². The minimum absolute atomic E-state index is 0.0227. The van der Waals surface area contributed by atoms with E-state index >= 15 is 0 Å². The van der Waals surface area contributed by atoms with E-state index in [0.717, 1.165) is 0 Å². The molecule has 8 heteroatoms. The number of carbonyl (C=O) groups excluding carboxylic acids is 2. The number of halogens is 2. The Balaban J connectivity index is 2.09. The van der Waals surface area contributed by atoms with Crippen molar-refractivity contribution in [3.63, 3.8) is 0 Å². The number of esters is 1. The van der Waals surface area contributed by atoms with Crippen molar-refractivity contribution in [2.75, 3.05) is 19.8 Å². The first-order chi connectivity index (χ1) is 14.5. The van der Waals surface area contributed by atoms with E-state index < -0.39 is 23.9 Å². The maximum Gasteiger partial charge on any atom is 0.338 e. The van der Waals surface area contributed by atoms with E-state index in [1.165, 1.54) is 17.0 Å². The Morgan fingerprint density at radius 2 is 1.97 bits per heavy atom. The molecule has 0 saturated carbocycles. The lowest BCUT2D eigenvalue weighted by molar-refractivity contribution is -0.139. The van der Waals surface area contributed by atoms with Gasteiger partial charge in [0, 0.05) is 11.6 Å². The molecule has 1 atom stereocenters.